The van der Waals surface area contributed by atoms with Gasteiger partial charge in [0.25, 0.3) is 0 Å². The van der Waals surface area contributed by atoms with E-state index in [1.807, 2.05) is 13.0 Å². The molecule has 0 aliphatic rings. The van der Waals surface area contributed by atoms with Crippen LogP contribution in [-0.4, -0.2) is 11.5 Å². The minimum absolute atomic E-state index is 0.195. The molecule has 5 heteroatoms. The van der Waals surface area contributed by atoms with Gasteiger partial charge in [-0.1, -0.05) is 6.07 Å². The van der Waals surface area contributed by atoms with Gasteiger partial charge in [-0.3, -0.25) is 0 Å². The number of hydrogen-bond donors (Lipinski definition) is 1. The highest BCUT2D eigenvalue weighted by molar-refractivity contribution is 7.98. The maximum absolute atomic E-state index is 13.0. The molecule has 0 amide bonds. The first-order valence-electron chi connectivity index (χ1n) is 5.72. The Balaban J connectivity index is 2.00. The van der Waals surface area contributed by atoms with Gasteiger partial charge in [0.1, 0.15) is 10.8 Å². The summed E-state index contributed by atoms with van der Waals surface area (Å²) in [5, 5.41) is 1.07. The monoisotopic (exact) mass is 282 g/mol. The third-order valence-corrected chi connectivity index (χ3v) is 4.87. The van der Waals surface area contributed by atoms with Crippen molar-refractivity contribution in [2.24, 2.45) is 5.73 Å². The van der Waals surface area contributed by atoms with E-state index in [0.717, 1.165) is 27.8 Å². The first-order chi connectivity index (χ1) is 8.69. The second-order valence-electron chi connectivity index (χ2n) is 3.90. The molecule has 2 rings (SSSR count). The molecule has 1 heterocycles. The van der Waals surface area contributed by atoms with E-state index in [2.05, 4.69) is 4.98 Å². The number of benzene rings is 1. The molecule has 2 aromatic rings. The largest absolute Gasteiger partial charge is 0.330 e. The molecule has 0 spiro atoms. The van der Waals surface area contributed by atoms with E-state index < -0.39 is 0 Å². The predicted octanol–water partition coefficient (Wildman–Crippen LogP) is 3.38. The third kappa shape index (κ3) is 3.54. The van der Waals surface area contributed by atoms with Gasteiger partial charge in [-0.2, -0.15) is 0 Å². The number of aromatic nitrogens is 1. The van der Waals surface area contributed by atoms with E-state index in [1.54, 1.807) is 35.2 Å². The van der Waals surface area contributed by atoms with Crippen LogP contribution in [0.2, 0.25) is 0 Å². The van der Waals surface area contributed by atoms with Gasteiger partial charge in [0.2, 0.25) is 0 Å². The fourth-order valence-electron chi connectivity index (χ4n) is 1.61. The number of nitrogens with zero attached hydrogens (tertiary/aromatic N) is 1. The molecule has 0 aliphatic heterocycles. The molecule has 0 atom stereocenters. The van der Waals surface area contributed by atoms with Crippen LogP contribution in [0.1, 0.15) is 15.6 Å². The van der Waals surface area contributed by atoms with E-state index in [0.29, 0.717) is 6.54 Å². The second kappa shape index (κ2) is 6.31. The van der Waals surface area contributed by atoms with E-state index in [-0.39, 0.29) is 5.82 Å². The van der Waals surface area contributed by atoms with Crippen LogP contribution in [0.25, 0.3) is 0 Å². The van der Waals surface area contributed by atoms with Gasteiger partial charge in [0.05, 0.1) is 11.4 Å². The number of halogens is 1. The zero-order chi connectivity index (χ0) is 13.0. The lowest BCUT2D eigenvalue weighted by Gasteiger charge is -1.98. The Kier molecular flexibility index (Phi) is 4.74. The van der Waals surface area contributed by atoms with Crippen molar-refractivity contribution in [2.45, 2.75) is 24.0 Å². The molecule has 0 unspecified atom stereocenters. The minimum Gasteiger partial charge on any atom is -0.330 e. The lowest BCUT2D eigenvalue weighted by atomic mass is 10.3. The van der Waals surface area contributed by atoms with Crippen molar-refractivity contribution in [2.75, 3.05) is 6.54 Å². The van der Waals surface area contributed by atoms with Crippen molar-refractivity contribution >= 4 is 23.1 Å². The molecule has 0 aliphatic carbocycles. The maximum atomic E-state index is 13.0. The third-order valence-electron chi connectivity index (χ3n) is 2.47. The van der Waals surface area contributed by atoms with Gasteiger partial charge in [-0.05, 0) is 38.1 Å². The van der Waals surface area contributed by atoms with E-state index in [9.17, 15) is 4.39 Å². The van der Waals surface area contributed by atoms with Gasteiger partial charge >= 0.3 is 0 Å². The van der Waals surface area contributed by atoms with Crippen LogP contribution >= 0.6 is 23.1 Å². The van der Waals surface area contributed by atoms with E-state index >= 15 is 0 Å². The predicted molar refractivity (Wildman–Crippen MR) is 75.6 cm³/mol. The molecule has 2 nitrogen and oxygen atoms in total. The van der Waals surface area contributed by atoms with Crippen LogP contribution in [0, 0.1) is 12.7 Å². The molecule has 0 fully saturated rings. The summed E-state index contributed by atoms with van der Waals surface area (Å²) in [4.78, 5) is 6.71. The number of thiazole rings is 1. The SMILES string of the molecule is Cc1nc(CSc2cccc(F)c2)sc1CCN. The van der Waals surface area contributed by atoms with Crippen molar-refractivity contribution < 1.29 is 4.39 Å². The van der Waals surface area contributed by atoms with Crippen LogP contribution in [0.3, 0.4) is 0 Å². The highest BCUT2D eigenvalue weighted by Gasteiger charge is 2.07. The van der Waals surface area contributed by atoms with E-state index in [4.69, 9.17) is 5.73 Å². The Hall–Kier alpha value is -0.910. The normalized spacial score (nSPS) is 10.8. The Labute approximate surface area is 114 Å². The topological polar surface area (TPSA) is 38.9 Å². The molecular formula is C13H15FN2S2. The molecule has 1 aromatic carbocycles. The summed E-state index contributed by atoms with van der Waals surface area (Å²) in [5.41, 5.74) is 6.62. The lowest BCUT2D eigenvalue weighted by Crippen LogP contribution is -2.01. The summed E-state index contributed by atoms with van der Waals surface area (Å²) in [6, 6.07) is 6.64. The van der Waals surface area contributed by atoms with Crippen LogP contribution in [0.4, 0.5) is 4.39 Å². The van der Waals surface area contributed by atoms with Gasteiger partial charge in [0.15, 0.2) is 0 Å². The Morgan fingerprint density at radius 3 is 3.00 bits per heavy atom. The highest BCUT2D eigenvalue weighted by Crippen LogP contribution is 2.27. The summed E-state index contributed by atoms with van der Waals surface area (Å²) in [6.07, 6.45) is 0.883. The van der Waals surface area contributed by atoms with Crippen molar-refractivity contribution in [1.82, 2.24) is 4.98 Å². The minimum atomic E-state index is -0.195. The Morgan fingerprint density at radius 1 is 1.44 bits per heavy atom. The van der Waals surface area contributed by atoms with Gasteiger partial charge in [-0.15, -0.1) is 23.1 Å². The van der Waals surface area contributed by atoms with Gasteiger partial charge in [0, 0.05) is 9.77 Å². The average molecular weight is 282 g/mol. The molecule has 2 N–H and O–H groups in total. The standard InChI is InChI=1S/C13H15FN2S2/c1-9-12(5-6-15)18-13(16-9)8-17-11-4-2-3-10(14)7-11/h2-4,7H,5-6,8,15H2,1H3. The lowest BCUT2D eigenvalue weighted by molar-refractivity contribution is 0.624. The van der Waals surface area contributed by atoms with Gasteiger partial charge in [-0.25, -0.2) is 9.37 Å². The maximum Gasteiger partial charge on any atom is 0.124 e. The van der Waals surface area contributed by atoms with Crippen molar-refractivity contribution in [3.63, 3.8) is 0 Å². The summed E-state index contributed by atoms with van der Waals surface area (Å²) in [7, 11) is 0. The quantitative estimate of drug-likeness (QED) is 0.854. The number of nitrogens with two attached hydrogens (primary N) is 1. The summed E-state index contributed by atoms with van der Waals surface area (Å²) >= 11 is 3.31. The molecular weight excluding hydrogens is 267 g/mol. The molecule has 0 saturated carbocycles. The van der Waals surface area contributed by atoms with Crippen LogP contribution in [-0.2, 0) is 12.2 Å². The van der Waals surface area contributed by atoms with E-state index in [1.165, 1.54) is 10.9 Å². The summed E-state index contributed by atoms with van der Waals surface area (Å²) in [5.74, 6) is 0.582. The van der Waals surface area contributed by atoms with Crippen molar-refractivity contribution in [3.05, 3.63) is 45.7 Å². The Bertz CT molecular complexity index is 525. The molecule has 0 saturated heterocycles. The first kappa shape index (κ1) is 13.5. The molecule has 0 radical (unpaired) electrons. The average Bonchev–Trinajstić information content (AvgIpc) is 2.69. The fraction of sp³-hybridized carbons (Fsp3) is 0.308. The van der Waals surface area contributed by atoms with Crippen LogP contribution in [0.5, 0.6) is 0 Å². The second-order valence-corrected chi connectivity index (χ2v) is 6.12. The van der Waals surface area contributed by atoms with Crippen molar-refractivity contribution in [1.29, 1.82) is 0 Å². The highest BCUT2D eigenvalue weighted by atomic mass is 32.2. The van der Waals surface area contributed by atoms with Crippen LogP contribution in [0.15, 0.2) is 29.2 Å². The molecule has 18 heavy (non-hydrogen) atoms. The van der Waals surface area contributed by atoms with Crippen molar-refractivity contribution in [3.8, 4) is 0 Å². The number of hydrogen-bond acceptors (Lipinski definition) is 4. The number of aryl methyl sites for hydroxylation is 1. The summed E-state index contributed by atoms with van der Waals surface area (Å²) in [6.45, 7) is 2.66. The fourth-order valence-corrected chi connectivity index (χ4v) is 3.63. The number of thioether (sulfide) groups is 1. The molecule has 0 bridgehead atoms. The molecule has 1 aromatic heterocycles. The smallest absolute Gasteiger partial charge is 0.124 e. The van der Waals surface area contributed by atoms with Gasteiger partial charge < -0.3 is 5.73 Å². The van der Waals surface area contributed by atoms with Crippen LogP contribution < -0.4 is 5.73 Å². The zero-order valence-electron chi connectivity index (χ0n) is 10.1. The number of rotatable bonds is 5. The summed E-state index contributed by atoms with van der Waals surface area (Å²) < 4.78 is 13.0. The Morgan fingerprint density at radius 2 is 2.28 bits per heavy atom. The zero-order valence-corrected chi connectivity index (χ0v) is 11.8. The first-order valence-corrected chi connectivity index (χ1v) is 7.53. The molecule has 96 valence electrons.